The van der Waals surface area contributed by atoms with E-state index < -0.39 is 17.9 Å². The second kappa shape index (κ2) is 9.97. The molecular formula is C19H17BrCl2N2O3. The van der Waals surface area contributed by atoms with E-state index in [0.29, 0.717) is 21.3 Å². The predicted molar refractivity (Wildman–Crippen MR) is 109 cm³/mol. The zero-order valence-corrected chi connectivity index (χ0v) is 17.8. The Hall–Kier alpha value is -1.76. The van der Waals surface area contributed by atoms with Crippen molar-refractivity contribution in [3.8, 4) is 0 Å². The summed E-state index contributed by atoms with van der Waals surface area (Å²) in [6.07, 6.45) is 0. The average molecular weight is 472 g/mol. The smallest absolute Gasteiger partial charge is 0.333 e. The van der Waals surface area contributed by atoms with Crippen molar-refractivity contribution in [3.05, 3.63) is 62.5 Å². The van der Waals surface area contributed by atoms with Gasteiger partial charge in [0.15, 0.2) is 11.8 Å². The van der Waals surface area contributed by atoms with Crippen molar-refractivity contribution < 1.29 is 14.3 Å². The molecule has 2 rings (SSSR count). The molecule has 0 saturated carbocycles. The SMILES string of the molecule is CCOC(=O)C(N=Nc1ccc(Cl)cc1Cl)C(C)C(=O)c1ccc(Br)cc1. The van der Waals surface area contributed by atoms with Crippen LogP contribution in [-0.2, 0) is 9.53 Å². The topological polar surface area (TPSA) is 68.1 Å². The van der Waals surface area contributed by atoms with Crippen LogP contribution < -0.4 is 0 Å². The van der Waals surface area contributed by atoms with E-state index in [1.54, 1.807) is 50.2 Å². The lowest BCUT2D eigenvalue weighted by Crippen LogP contribution is -2.33. The highest BCUT2D eigenvalue weighted by Gasteiger charge is 2.32. The zero-order chi connectivity index (χ0) is 20.0. The average Bonchev–Trinajstić information content (AvgIpc) is 2.63. The first kappa shape index (κ1) is 21.5. The number of carbonyl (C=O) groups is 2. The van der Waals surface area contributed by atoms with Crippen LogP contribution in [0.3, 0.4) is 0 Å². The number of carbonyl (C=O) groups excluding carboxylic acids is 2. The lowest BCUT2D eigenvalue weighted by atomic mass is 9.93. The second-order valence-electron chi connectivity index (χ2n) is 5.67. The highest BCUT2D eigenvalue weighted by molar-refractivity contribution is 9.10. The molecule has 5 nitrogen and oxygen atoms in total. The minimum Gasteiger partial charge on any atom is -0.464 e. The summed E-state index contributed by atoms with van der Waals surface area (Å²) >= 11 is 15.3. The quantitative estimate of drug-likeness (QED) is 0.270. The fourth-order valence-electron chi connectivity index (χ4n) is 2.29. The number of Topliss-reactive ketones (excluding diaryl/α,β-unsaturated/α-hetero) is 1. The van der Waals surface area contributed by atoms with Gasteiger partial charge in [0.2, 0.25) is 0 Å². The number of ether oxygens (including phenoxy) is 1. The van der Waals surface area contributed by atoms with Gasteiger partial charge in [-0.15, -0.1) is 0 Å². The van der Waals surface area contributed by atoms with E-state index in [1.807, 2.05) is 0 Å². The van der Waals surface area contributed by atoms with Crippen molar-refractivity contribution in [2.24, 2.45) is 16.1 Å². The maximum atomic E-state index is 12.8. The van der Waals surface area contributed by atoms with Crippen molar-refractivity contribution in [1.82, 2.24) is 0 Å². The number of azo groups is 1. The molecule has 2 atom stereocenters. The molecule has 0 heterocycles. The lowest BCUT2D eigenvalue weighted by Gasteiger charge is -2.17. The molecule has 0 aliphatic heterocycles. The van der Waals surface area contributed by atoms with Crippen LogP contribution >= 0.6 is 39.1 Å². The van der Waals surface area contributed by atoms with E-state index in [4.69, 9.17) is 27.9 Å². The van der Waals surface area contributed by atoms with Gasteiger partial charge in [-0.25, -0.2) is 4.79 Å². The van der Waals surface area contributed by atoms with E-state index >= 15 is 0 Å². The van der Waals surface area contributed by atoms with Gasteiger partial charge in [-0.1, -0.05) is 58.2 Å². The molecule has 0 aliphatic carbocycles. The van der Waals surface area contributed by atoms with Crippen molar-refractivity contribution in [2.75, 3.05) is 6.61 Å². The largest absolute Gasteiger partial charge is 0.464 e. The van der Waals surface area contributed by atoms with Gasteiger partial charge in [-0.3, -0.25) is 4.79 Å². The van der Waals surface area contributed by atoms with Gasteiger partial charge in [0.1, 0.15) is 5.69 Å². The zero-order valence-electron chi connectivity index (χ0n) is 14.7. The molecule has 0 fully saturated rings. The number of halogens is 3. The number of nitrogens with zero attached hydrogens (tertiary/aromatic N) is 2. The molecule has 142 valence electrons. The van der Waals surface area contributed by atoms with Crippen LogP contribution in [0.4, 0.5) is 5.69 Å². The van der Waals surface area contributed by atoms with Gasteiger partial charge in [0, 0.05) is 15.1 Å². The number of hydrogen-bond donors (Lipinski definition) is 0. The molecule has 0 aromatic heterocycles. The van der Waals surface area contributed by atoms with Gasteiger partial charge in [0.25, 0.3) is 0 Å². The first-order valence-electron chi connectivity index (χ1n) is 8.15. The molecule has 0 amide bonds. The summed E-state index contributed by atoms with van der Waals surface area (Å²) < 4.78 is 5.91. The van der Waals surface area contributed by atoms with Crippen LogP contribution in [-0.4, -0.2) is 24.4 Å². The molecule has 27 heavy (non-hydrogen) atoms. The fourth-order valence-corrected chi connectivity index (χ4v) is 3.00. The summed E-state index contributed by atoms with van der Waals surface area (Å²) in [6, 6.07) is 10.5. The van der Waals surface area contributed by atoms with Crippen molar-refractivity contribution in [1.29, 1.82) is 0 Å². The van der Waals surface area contributed by atoms with E-state index in [2.05, 4.69) is 26.2 Å². The van der Waals surface area contributed by atoms with Crippen molar-refractivity contribution in [3.63, 3.8) is 0 Å². The lowest BCUT2D eigenvalue weighted by molar-refractivity contribution is -0.145. The van der Waals surface area contributed by atoms with Crippen LogP contribution in [0.5, 0.6) is 0 Å². The van der Waals surface area contributed by atoms with Gasteiger partial charge in [0.05, 0.1) is 17.5 Å². The Labute approximate surface area is 175 Å². The van der Waals surface area contributed by atoms with Crippen LogP contribution in [0.2, 0.25) is 10.0 Å². The van der Waals surface area contributed by atoms with Crippen LogP contribution in [0.25, 0.3) is 0 Å². The summed E-state index contributed by atoms with van der Waals surface area (Å²) in [7, 11) is 0. The van der Waals surface area contributed by atoms with Gasteiger partial charge < -0.3 is 4.74 Å². The molecule has 0 aliphatic rings. The van der Waals surface area contributed by atoms with Crippen LogP contribution in [0.1, 0.15) is 24.2 Å². The molecule has 8 heteroatoms. The fraction of sp³-hybridized carbons (Fsp3) is 0.263. The molecule has 2 unspecified atom stereocenters. The third kappa shape index (κ3) is 5.86. The number of hydrogen-bond acceptors (Lipinski definition) is 5. The third-order valence-corrected chi connectivity index (χ3v) is 4.81. The molecule has 0 bridgehead atoms. The van der Waals surface area contributed by atoms with Crippen molar-refractivity contribution in [2.45, 2.75) is 19.9 Å². The van der Waals surface area contributed by atoms with Crippen molar-refractivity contribution >= 4 is 56.6 Å². The number of rotatable bonds is 7. The molecule has 0 spiro atoms. The monoisotopic (exact) mass is 470 g/mol. The van der Waals surface area contributed by atoms with Crippen LogP contribution in [0.15, 0.2) is 57.2 Å². The number of benzene rings is 2. The van der Waals surface area contributed by atoms with E-state index in [1.165, 1.54) is 6.07 Å². The predicted octanol–water partition coefficient (Wildman–Crippen LogP) is 6.29. The highest BCUT2D eigenvalue weighted by Crippen LogP contribution is 2.29. The summed E-state index contributed by atoms with van der Waals surface area (Å²) in [5.74, 6) is -1.62. The standard InChI is InChI=1S/C19H17BrCl2N2O3/c1-3-27-19(26)17(24-23-16-9-8-14(21)10-15(16)22)11(2)18(25)12-4-6-13(20)7-5-12/h4-11,17H,3H2,1-2H3. The molecule has 2 aromatic rings. The van der Waals surface area contributed by atoms with Gasteiger partial charge in [-0.2, -0.15) is 10.2 Å². The van der Waals surface area contributed by atoms with Gasteiger partial charge >= 0.3 is 5.97 Å². The molecule has 2 aromatic carbocycles. The highest BCUT2D eigenvalue weighted by atomic mass is 79.9. The Kier molecular flexibility index (Phi) is 7.95. The van der Waals surface area contributed by atoms with Gasteiger partial charge in [-0.05, 0) is 37.3 Å². The Bertz CT molecular complexity index is 857. The minimum atomic E-state index is -1.09. The van der Waals surface area contributed by atoms with E-state index in [0.717, 1.165) is 4.47 Å². The normalized spacial score (nSPS) is 13.4. The first-order valence-corrected chi connectivity index (χ1v) is 9.70. The Balaban J connectivity index is 2.30. The number of ketones is 1. The molecule has 0 saturated heterocycles. The number of esters is 1. The summed E-state index contributed by atoms with van der Waals surface area (Å²) in [6.45, 7) is 3.48. The van der Waals surface area contributed by atoms with E-state index in [9.17, 15) is 9.59 Å². The summed E-state index contributed by atoms with van der Waals surface area (Å²) in [4.78, 5) is 25.1. The molecular weight excluding hydrogens is 455 g/mol. The Morgan fingerprint density at radius 2 is 1.81 bits per heavy atom. The first-order chi connectivity index (χ1) is 12.8. The Morgan fingerprint density at radius 3 is 2.41 bits per heavy atom. The molecule has 0 radical (unpaired) electrons. The van der Waals surface area contributed by atoms with E-state index in [-0.39, 0.29) is 12.4 Å². The summed E-state index contributed by atoms with van der Waals surface area (Å²) in [5.41, 5.74) is 0.818. The third-order valence-electron chi connectivity index (χ3n) is 3.74. The maximum absolute atomic E-state index is 12.8. The second-order valence-corrected chi connectivity index (χ2v) is 7.43. The van der Waals surface area contributed by atoms with Crippen LogP contribution in [0, 0.1) is 5.92 Å². The maximum Gasteiger partial charge on any atom is 0.333 e. The molecule has 0 N–H and O–H groups in total. The minimum absolute atomic E-state index is 0.172. The Morgan fingerprint density at radius 1 is 1.15 bits per heavy atom. The summed E-state index contributed by atoms with van der Waals surface area (Å²) in [5, 5.41) is 8.85.